The van der Waals surface area contributed by atoms with Gasteiger partial charge in [-0.25, -0.2) is 0 Å². The Hall–Kier alpha value is -0.540. The molecule has 16 heavy (non-hydrogen) atoms. The summed E-state index contributed by atoms with van der Waals surface area (Å²) < 4.78 is 1.13. The summed E-state index contributed by atoms with van der Waals surface area (Å²) in [6, 6.07) is 9.23. The molecule has 2 nitrogen and oxygen atoms in total. The molecule has 1 saturated carbocycles. The van der Waals surface area contributed by atoms with Crippen molar-refractivity contribution >= 4 is 21.6 Å². The van der Waals surface area contributed by atoms with Gasteiger partial charge in [0.15, 0.2) is 0 Å². The van der Waals surface area contributed by atoms with E-state index < -0.39 is 0 Å². The van der Waals surface area contributed by atoms with E-state index in [9.17, 15) is 0 Å². The molecule has 1 aromatic rings. The van der Waals surface area contributed by atoms with Gasteiger partial charge in [-0.05, 0) is 31.0 Å². The summed E-state index contributed by atoms with van der Waals surface area (Å²) in [6.45, 7) is 0. The van der Waals surface area contributed by atoms with Crippen molar-refractivity contribution in [2.24, 2.45) is 5.73 Å². The Morgan fingerprint density at radius 1 is 1.31 bits per heavy atom. The van der Waals surface area contributed by atoms with Crippen molar-refractivity contribution in [3.63, 3.8) is 0 Å². The third kappa shape index (κ3) is 2.58. The monoisotopic (exact) mass is 282 g/mol. The summed E-state index contributed by atoms with van der Waals surface area (Å²) in [5, 5.41) is 0. The Balaban J connectivity index is 2.14. The molecule has 0 saturated heterocycles. The first-order valence-electron chi connectivity index (χ1n) is 5.92. The van der Waals surface area contributed by atoms with Crippen molar-refractivity contribution in [3.05, 3.63) is 28.7 Å². The second kappa shape index (κ2) is 5.19. The fraction of sp³-hybridized carbons (Fsp3) is 0.538. The molecule has 2 N–H and O–H groups in total. The van der Waals surface area contributed by atoms with Gasteiger partial charge in [-0.2, -0.15) is 0 Å². The standard InChI is InChI=1S/C13H19BrN2/c1-16(11-6-4-5-10(14)9-11)13-8-3-2-7-12(13)15/h4-6,9,12-13H,2-3,7-8,15H2,1H3. The second-order valence-electron chi connectivity index (χ2n) is 4.61. The topological polar surface area (TPSA) is 29.3 Å². The number of rotatable bonds is 2. The summed E-state index contributed by atoms with van der Waals surface area (Å²) in [5.41, 5.74) is 7.45. The van der Waals surface area contributed by atoms with Crippen LogP contribution in [0.5, 0.6) is 0 Å². The Labute approximate surface area is 106 Å². The van der Waals surface area contributed by atoms with Crippen LogP contribution in [0.3, 0.4) is 0 Å². The van der Waals surface area contributed by atoms with Crippen molar-refractivity contribution in [1.82, 2.24) is 0 Å². The minimum absolute atomic E-state index is 0.317. The number of halogens is 1. The van der Waals surface area contributed by atoms with E-state index in [1.54, 1.807) is 0 Å². The smallest absolute Gasteiger partial charge is 0.0437 e. The van der Waals surface area contributed by atoms with Gasteiger partial charge in [0, 0.05) is 29.3 Å². The van der Waals surface area contributed by atoms with Gasteiger partial charge in [0.05, 0.1) is 0 Å². The fourth-order valence-corrected chi connectivity index (χ4v) is 2.89. The van der Waals surface area contributed by atoms with Crippen molar-refractivity contribution in [3.8, 4) is 0 Å². The molecule has 2 rings (SSSR count). The molecule has 0 aromatic heterocycles. The van der Waals surface area contributed by atoms with E-state index >= 15 is 0 Å². The van der Waals surface area contributed by atoms with Crippen LogP contribution in [-0.2, 0) is 0 Å². The van der Waals surface area contributed by atoms with Crippen LogP contribution < -0.4 is 10.6 Å². The second-order valence-corrected chi connectivity index (χ2v) is 5.52. The van der Waals surface area contributed by atoms with Gasteiger partial charge in [-0.15, -0.1) is 0 Å². The minimum atomic E-state index is 0.317. The molecule has 0 heterocycles. The molecule has 2 atom stereocenters. The molecule has 0 aliphatic heterocycles. The number of nitrogens with zero attached hydrogens (tertiary/aromatic N) is 1. The lowest BCUT2D eigenvalue weighted by Crippen LogP contribution is -2.48. The van der Waals surface area contributed by atoms with E-state index in [2.05, 4.69) is 52.1 Å². The number of benzene rings is 1. The largest absolute Gasteiger partial charge is 0.370 e. The zero-order chi connectivity index (χ0) is 11.5. The van der Waals surface area contributed by atoms with E-state index in [0.29, 0.717) is 12.1 Å². The van der Waals surface area contributed by atoms with E-state index in [1.165, 1.54) is 24.9 Å². The molecule has 0 amide bonds. The van der Waals surface area contributed by atoms with Gasteiger partial charge in [0.25, 0.3) is 0 Å². The maximum Gasteiger partial charge on any atom is 0.0437 e. The van der Waals surface area contributed by atoms with Gasteiger partial charge in [0.1, 0.15) is 0 Å². The maximum atomic E-state index is 6.20. The molecular weight excluding hydrogens is 264 g/mol. The Morgan fingerprint density at radius 2 is 2.06 bits per heavy atom. The molecule has 1 aromatic carbocycles. The van der Waals surface area contributed by atoms with Crippen molar-refractivity contribution in [1.29, 1.82) is 0 Å². The lowest BCUT2D eigenvalue weighted by Gasteiger charge is -2.37. The van der Waals surface area contributed by atoms with Crippen LogP contribution >= 0.6 is 15.9 Å². The Bertz CT molecular complexity index is 354. The van der Waals surface area contributed by atoms with Crippen molar-refractivity contribution in [2.75, 3.05) is 11.9 Å². The first-order valence-corrected chi connectivity index (χ1v) is 6.72. The highest BCUT2D eigenvalue weighted by atomic mass is 79.9. The normalized spacial score (nSPS) is 25.4. The van der Waals surface area contributed by atoms with E-state index in [-0.39, 0.29) is 0 Å². The Morgan fingerprint density at radius 3 is 2.75 bits per heavy atom. The van der Waals surface area contributed by atoms with Crippen LogP contribution in [0.2, 0.25) is 0 Å². The minimum Gasteiger partial charge on any atom is -0.370 e. The summed E-state index contributed by atoms with van der Waals surface area (Å²) >= 11 is 3.51. The quantitative estimate of drug-likeness (QED) is 0.903. The predicted molar refractivity (Wildman–Crippen MR) is 72.8 cm³/mol. The van der Waals surface area contributed by atoms with E-state index in [1.807, 2.05) is 0 Å². The molecule has 1 fully saturated rings. The summed E-state index contributed by atoms with van der Waals surface area (Å²) in [4.78, 5) is 2.33. The highest BCUT2D eigenvalue weighted by molar-refractivity contribution is 9.10. The van der Waals surface area contributed by atoms with Gasteiger partial charge in [-0.3, -0.25) is 0 Å². The highest BCUT2D eigenvalue weighted by Crippen LogP contribution is 2.27. The molecule has 0 radical (unpaired) electrons. The van der Waals surface area contributed by atoms with Crippen LogP contribution in [-0.4, -0.2) is 19.1 Å². The molecular formula is C13H19BrN2. The number of likely N-dealkylation sites (N-methyl/N-ethyl adjacent to an activating group) is 1. The molecule has 1 aliphatic rings. The van der Waals surface area contributed by atoms with Gasteiger partial charge >= 0.3 is 0 Å². The number of nitrogens with two attached hydrogens (primary N) is 1. The highest BCUT2D eigenvalue weighted by Gasteiger charge is 2.25. The summed E-state index contributed by atoms with van der Waals surface area (Å²) in [5.74, 6) is 0. The van der Waals surface area contributed by atoms with Crippen LogP contribution in [0, 0.1) is 0 Å². The van der Waals surface area contributed by atoms with Crippen LogP contribution in [0.25, 0.3) is 0 Å². The first-order chi connectivity index (χ1) is 7.68. The van der Waals surface area contributed by atoms with Crippen molar-refractivity contribution in [2.45, 2.75) is 37.8 Å². The molecule has 3 heteroatoms. The lowest BCUT2D eigenvalue weighted by molar-refractivity contribution is 0.373. The molecule has 1 aliphatic carbocycles. The summed E-state index contributed by atoms with van der Waals surface area (Å²) in [7, 11) is 2.15. The Kier molecular flexibility index (Phi) is 3.87. The summed E-state index contributed by atoms with van der Waals surface area (Å²) in [6.07, 6.45) is 4.95. The number of hydrogen-bond acceptors (Lipinski definition) is 2. The zero-order valence-electron chi connectivity index (χ0n) is 9.70. The SMILES string of the molecule is CN(c1cccc(Br)c1)C1CCCCC1N. The predicted octanol–water partition coefficient (Wildman–Crippen LogP) is 3.16. The van der Waals surface area contributed by atoms with Crippen LogP contribution in [0.4, 0.5) is 5.69 Å². The van der Waals surface area contributed by atoms with Crippen molar-refractivity contribution < 1.29 is 0 Å². The third-order valence-electron chi connectivity index (χ3n) is 3.49. The zero-order valence-corrected chi connectivity index (χ0v) is 11.3. The fourth-order valence-electron chi connectivity index (χ4n) is 2.51. The van der Waals surface area contributed by atoms with Gasteiger partial charge in [0.2, 0.25) is 0 Å². The van der Waals surface area contributed by atoms with E-state index in [4.69, 9.17) is 5.73 Å². The lowest BCUT2D eigenvalue weighted by atomic mass is 9.90. The van der Waals surface area contributed by atoms with E-state index in [0.717, 1.165) is 10.9 Å². The third-order valence-corrected chi connectivity index (χ3v) is 3.99. The van der Waals surface area contributed by atoms with Gasteiger partial charge < -0.3 is 10.6 Å². The van der Waals surface area contributed by atoms with Crippen LogP contribution in [0.15, 0.2) is 28.7 Å². The van der Waals surface area contributed by atoms with Crippen LogP contribution in [0.1, 0.15) is 25.7 Å². The average Bonchev–Trinajstić information content (AvgIpc) is 2.29. The molecule has 2 unspecified atom stereocenters. The number of anilines is 1. The molecule has 0 bridgehead atoms. The van der Waals surface area contributed by atoms with Gasteiger partial charge in [-0.1, -0.05) is 34.8 Å². The molecule has 88 valence electrons. The number of hydrogen-bond donors (Lipinski definition) is 1. The molecule has 0 spiro atoms. The maximum absolute atomic E-state index is 6.20. The first kappa shape index (κ1) is 11.9. The average molecular weight is 283 g/mol.